The van der Waals surface area contributed by atoms with E-state index in [9.17, 15) is 0 Å². The number of fused-ring (bicyclic) bond motifs is 1. The summed E-state index contributed by atoms with van der Waals surface area (Å²) in [6, 6.07) is 64.4. The summed E-state index contributed by atoms with van der Waals surface area (Å²) in [6.07, 6.45) is 0. The highest BCUT2D eigenvalue weighted by atomic mass is 16.3. The molecule has 47 heavy (non-hydrogen) atoms. The monoisotopic (exact) mass is 603 g/mol. The van der Waals surface area contributed by atoms with Crippen LogP contribution in [0.4, 0.5) is 17.1 Å². The maximum atomic E-state index is 6.39. The van der Waals surface area contributed by atoms with Crippen molar-refractivity contribution in [3.63, 3.8) is 0 Å². The van der Waals surface area contributed by atoms with E-state index in [4.69, 9.17) is 4.42 Å². The van der Waals surface area contributed by atoms with Gasteiger partial charge in [-0.15, -0.1) is 0 Å². The third-order valence-electron chi connectivity index (χ3n) is 8.87. The van der Waals surface area contributed by atoms with Gasteiger partial charge in [0.15, 0.2) is 0 Å². The summed E-state index contributed by atoms with van der Waals surface area (Å²) in [5.41, 5.74) is 13.5. The summed E-state index contributed by atoms with van der Waals surface area (Å²) in [5.74, 6) is 0.903. The molecule has 0 saturated heterocycles. The normalized spacial score (nSPS) is 11.1. The molecule has 1 heterocycles. The molecule has 0 amide bonds. The van der Waals surface area contributed by atoms with Crippen molar-refractivity contribution < 1.29 is 4.42 Å². The molecule has 0 spiro atoms. The smallest absolute Gasteiger partial charge is 0.138 e. The fourth-order valence-corrected chi connectivity index (χ4v) is 6.43. The number of para-hydroxylation sites is 1. The summed E-state index contributed by atoms with van der Waals surface area (Å²) in [7, 11) is 0. The van der Waals surface area contributed by atoms with Crippen LogP contribution in [-0.4, -0.2) is 0 Å². The Morgan fingerprint density at radius 3 is 1.40 bits per heavy atom. The maximum Gasteiger partial charge on any atom is 0.138 e. The first kappa shape index (κ1) is 28.4. The van der Waals surface area contributed by atoms with Crippen LogP contribution in [-0.2, 0) is 0 Å². The zero-order chi connectivity index (χ0) is 31.6. The fourth-order valence-electron chi connectivity index (χ4n) is 6.43. The standard InChI is InChI=1S/C45H33NO/c1-32-43-20-8-9-21-44(43)47-45(32)39-17-11-19-42(31-39)46(41-18-10-16-38(30-41)34-14-6-3-7-15-34)40-28-26-37(27-29-40)36-24-22-35(23-25-36)33-12-4-2-5-13-33/h2-31H,1H3. The van der Waals surface area contributed by atoms with Crippen LogP contribution in [0.1, 0.15) is 5.56 Å². The van der Waals surface area contributed by atoms with E-state index in [1.54, 1.807) is 0 Å². The number of benzene rings is 7. The van der Waals surface area contributed by atoms with Crippen molar-refractivity contribution in [3.8, 4) is 44.7 Å². The zero-order valence-corrected chi connectivity index (χ0v) is 26.2. The highest BCUT2D eigenvalue weighted by Crippen LogP contribution is 2.40. The number of aryl methyl sites for hydroxylation is 1. The summed E-state index contributed by atoms with van der Waals surface area (Å²) in [4.78, 5) is 2.33. The van der Waals surface area contributed by atoms with Crippen molar-refractivity contribution in [2.24, 2.45) is 0 Å². The van der Waals surface area contributed by atoms with E-state index in [0.717, 1.165) is 44.9 Å². The Balaban J connectivity index is 1.20. The first-order valence-electron chi connectivity index (χ1n) is 16.0. The number of rotatable bonds is 7. The van der Waals surface area contributed by atoms with Gasteiger partial charge in [-0.3, -0.25) is 0 Å². The Kier molecular flexibility index (Phi) is 7.45. The third-order valence-corrected chi connectivity index (χ3v) is 8.87. The van der Waals surface area contributed by atoms with E-state index in [1.807, 2.05) is 12.1 Å². The molecular formula is C45H33NO. The van der Waals surface area contributed by atoms with Gasteiger partial charge in [0.25, 0.3) is 0 Å². The SMILES string of the molecule is Cc1c(-c2cccc(N(c3ccc(-c4ccc(-c5ccccc5)cc4)cc3)c3cccc(-c4ccccc4)c3)c2)oc2ccccc12. The van der Waals surface area contributed by atoms with Crippen LogP contribution in [0.15, 0.2) is 186 Å². The first-order chi connectivity index (χ1) is 23.2. The lowest BCUT2D eigenvalue weighted by molar-refractivity contribution is 0.629. The lowest BCUT2D eigenvalue weighted by Gasteiger charge is -2.26. The van der Waals surface area contributed by atoms with Crippen LogP contribution >= 0.6 is 0 Å². The Bertz CT molecular complexity index is 2280. The number of anilines is 3. The van der Waals surface area contributed by atoms with Crippen molar-refractivity contribution in [2.75, 3.05) is 4.90 Å². The first-order valence-corrected chi connectivity index (χ1v) is 16.0. The van der Waals surface area contributed by atoms with E-state index < -0.39 is 0 Å². The number of hydrogen-bond donors (Lipinski definition) is 0. The molecule has 0 aliphatic heterocycles. The molecule has 8 aromatic rings. The van der Waals surface area contributed by atoms with Crippen molar-refractivity contribution >= 4 is 28.0 Å². The van der Waals surface area contributed by atoms with Gasteiger partial charge in [0.05, 0.1) is 0 Å². The average Bonchev–Trinajstić information content (AvgIpc) is 3.49. The van der Waals surface area contributed by atoms with Gasteiger partial charge in [-0.2, -0.15) is 0 Å². The minimum atomic E-state index is 0.903. The van der Waals surface area contributed by atoms with Crippen molar-refractivity contribution in [3.05, 3.63) is 188 Å². The molecule has 0 aliphatic carbocycles. The lowest BCUT2D eigenvalue weighted by Crippen LogP contribution is -2.10. The van der Waals surface area contributed by atoms with Gasteiger partial charge in [0.1, 0.15) is 11.3 Å². The Labute approximate surface area is 275 Å². The number of furan rings is 1. The molecule has 1 aromatic heterocycles. The van der Waals surface area contributed by atoms with Gasteiger partial charge >= 0.3 is 0 Å². The largest absolute Gasteiger partial charge is 0.456 e. The lowest BCUT2D eigenvalue weighted by atomic mass is 10.00. The Morgan fingerprint density at radius 2 is 0.809 bits per heavy atom. The second-order valence-corrected chi connectivity index (χ2v) is 11.8. The van der Waals surface area contributed by atoms with Crippen LogP contribution in [0.3, 0.4) is 0 Å². The van der Waals surface area contributed by atoms with E-state index in [2.05, 4.69) is 182 Å². The predicted molar refractivity (Wildman–Crippen MR) is 197 cm³/mol. The molecule has 0 bridgehead atoms. The molecule has 0 N–H and O–H groups in total. The van der Waals surface area contributed by atoms with E-state index in [0.29, 0.717) is 0 Å². The Morgan fingerprint density at radius 1 is 0.362 bits per heavy atom. The second-order valence-electron chi connectivity index (χ2n) is 11.8. The molecule has 2 heteroatoms. The minimum absolute atomic E-state index is 0.903. The topological polar surface area (TPSA) is 16.4 Å². The summed E-state index contributed by atoms with van der Waals surface area (Å²) < 4.78 is 6.39. The van der Waals surface area contributed by atoms with Crippen LogP contribution in [0.2, 0.25) is 0 Å². The van der Waals surface area contributed by atoms with Gasteiger partial charge in [-0.05, 0) is 82.8 Å². The van der Waals surface area contributed by atoms with Gasteiger partial charge in [-0.25, -0.2) is 0 Å². The maximum absolute atomic E-state index is 6.39. The van der Waals surface area contributed by atoms with Crippen LogP contribution < -0.4 is 4.90 Å². The van der Waals surface area contributed by atoms with Crippen molar-refractivity contribution in [1.82, 2.24) is 0 Å². The highest BCUT2D eigenvalue weighted by Gasteiger charge is 2.17. The number of hydrogen-bond acceptors (Lipinski definition) is 2. The highest BCUT2D eigenvalue weighted by molar-refractivity contribution is 5.89. The molecule has 8 rings (SSSR count). The molecule has 0 fully saturated rings. The van der Waals surface area contributed by atoms with Gasteiger partial charge in [0.2, 0.25) is 0 Å². The average molecular weight is 604 g/mol. The molecule has 0 saturated carbocycles. The second kappa shape index (κ2) is 12.3. The summed E-state index contributed by atoms with van der Waals surface area (Å²) >= 11 is 0. The molecular weight excluding hydrogens is 571 g/mol. The summed E-state index contributed by atoms with van der Waals surface area (Å²) in [5, 5.41) is 1.15. The van der Waals surface area contributed by atoms with Gasteiger partial charge in [0, 0.05) is 33.6 Å². The third kappa shape index (κ3) is 5.62. The molecule has 224 valence electrons. The molecule has 7 aromatic carbocycles. The predicted octanol–water partition coefficient (Wildman–Crippen LogP) is 12.9. The van der Waals surface area contributed by atoms with Gasteiger partial charge in [-0.1, -0.05) is 140 Å². The van der Waals surface area contributed by atoms with Crippen LogP contribution in [0.25, 0.3) is 55.7 Å². The van der Waals surface area contributed by atoms with E-state index >= 15 is 0 Å². The molecule has 2 nitrogen and oxygen atoms in total. The molecule has 0 atom stereocenters. The van der Waals surface area contributed by atoms with Crippen molar-refractivity contribution in [1.29, 1.82) is 0 Å². The summed E-state index contributed by atoms with van der Waals surface area (Å²) in [6.45, 7) is 2.14. The zero-order valence-electron chi connectivity index (χ0n) is 26.2. The Hall–Kier alpha value is -6.12. The van der Waals surface area contributed by atoms with Crippen molar-refractivity contribution in [2.45, 2.75) is 6.92 Å². The van der Waals surface area contributed by atoms with Crippen LogP contribution in [0, 0.1) is 6.92 Å². The quantitative estimate of drug-likeness (QED) is 0.180. The van der Waals surface area contributed by atoms with Gasteiger partial charge < -0.3 is 9.32 Å². The molecule has 0 radical (unpaired) electrons. The number of nitrogens with zero attached hydrogens (tertiary/aromatic N) is 1. The van der Waals surface area contributed by atoms with E-state index in [-0.39, 0.29) is 0 Å². The van der Waals surface area contributed by atoms with E-state index in [1.165, 1.54) is 33.4 Å². The molecule has 0 aliphatic rings. The minimum Gasteiger partial charge on any atom is -0.456 e. The fraction of sp³-hybridized carbons (Fsp3) is 0.0222. The molecule has 0 unspecified atom stereocenters. The van der Waals surface area contributed by atoms with Crippen LogP contribution in [0.5, 0.6) is 0 Å².